The highest BCUT2D eigenvalue weighted by molar-refractivity contribution is 7.89. The van der Waals surface area contributed by atoms with Crippen LogP contribution in [-0.4, -0.2) is 41.9 Å². The molecule has 4 rings (SSSR count). The summed E-state index contributed by atoms with van der Waals surface area (Å²) in [4.78, 5) is 17.5. The molecule has 0 radical (unpaired) electrons. The lowest BCUT2D eigenvalue weighted by atomic mass is 9.98. The number of benzene rings is 2. The van der Waals surface area contributed by atoms with Gasteiger partial charge in [0.25, 0.3) is 0 Å². The van der Waals surface area contributed by atoms with Gasteiger partial charge in [-0.2, -0.15) is 9.29 Å². The van der Waals surface area contributed by atoms with Gasteiger partial charge in [0, 0.05) is 31.1 Å². The fourth-order valence-corrected chi connectivity index (χ4v) is 5.46. The maximum Gasteiger partial charge on any atom is 0.243 e. The van der Waals surface area contributed by atoms with Crippen molar-refractivity contribution in [2.45, 2.75) is 50.8 Å². The van der Waals surface area contributed by atoms with Gasteiger partial charge < -0.3 is 9.84 Å². The molecule has 1 fully saturated rings. The van der Waals surface area contributed by atoms with Crippen LogP contribution in [0.2, 0.25) is 0 Å². The van der Waals surface area contributed by atoms with E-state index in [1.54, 1.807) is 24.3 Å². The molecule has 1 atom stereocenters. The van der Waals surface area contributed by atoms with E-state index < -0.39 is 15.9 Å². The van der Waals surface area contributed by atoms with Crippen molar-refractivity contribution in [2.24, 2.45) is 5.92 Å². The maximum absolute atomic E-state index is 13.0. The molecule has 34 heavy (non-hydrogen) atoms. The summed E-state index contributed by atoms with van der Waals surface area (Å²) in [5.74, 6) is 0.850. The first-order chi connectivity index (χ1) is 16.2. The number of aryl methyl sites for hydroxylation is 1. The van der Waals surface area contributed by atoms with Crippen molar-refractivity contribution in [1.29, 1.82) is 0 Å². The lowest BCUT2D eigenvalue weighted by Gasteiger charge is -2.31. The number of carbonyl (C=O) groups excluding carboxylic acids is 1. The normalized spacial score (nSPS) is 17.1. The molecule has 9 heteroatoms. The number of amides is 1. The number of rotatable bonds is 7. The average molecular weight is 483 g/mol. The van der Waals surface area contributed by atoms with Crippen LogP contribution >= 0.6 is 0 Å². The van der Waals surface area contributed by atoms with Crippen molar-refractivity contribution in [3.05, 3.63) is 71.4 Å². The molecular formula is C25H30N4O4S. The minimum Gasteiger partial charge on any atom is -0.339 e. The Hall–Kier alpha value is -3.04. The van der Waals surface area contributed by atoms with Gasteiger partial charge in [-0.05, 0) is 49.6 Å². The molecular weight excluding hydrogens is 452 g/mol. The fourth-order valence-electron chi connectivity index (χ4n) is 3.94. The van der Waals surface area contributed by atoms with Crippen LogP contribution in [0.4, 0.5) is 5.69 Å². The molecule has 0 saturated carbocycles. The van der Waals surface area contributed by atoms with Crippen LogP contribution in [-0.2, 0) is 21.2 Å². The Labute approximate surface area is 200 Å². The van der Waals surface area contributed by atoms with Gasteiger partial charge in [0.2, 0.25) is 21.8 Å². The first-order valence-electron chi connectivity index (χ1n) is 11.5. The standard InChI is InChI=1S/C25H30N4O4S/c1-17(2)25-27-23(28-33-25)15-19-8-10-21(11-9-19)26-24(30)20-5-4-14-29(16-20)34(31,32)22-12-6-18(3)7-13-22/h6-13,17,20H,4-5,14-16H2,1-3H3,(H,26,30)/t20-/m0/s1. The van der Waals surface area contributed by atoms with Crippen LogP contribution in [0.15, 0.2) is 57.9 Å². The number of piperidine rings is 1. The van der Waals surface area contributed by atoms with E-state index in [4.69, 9.17) is 4.52 Å². The zero-order valence-electron chi connectivity index (χ0n) is 19.7. The minimum absolute atomic E-state index is 0.170. The van der Waals surface area contributed by atoms with Gasteiger partial charge in [-0.15, -0.1) is 0 Å². The molecule has 1 aromatic heterocycles. The van der Waals surface area contributed by atoms with Gasteiger partial charge in [0.05, 0.1) is 10.8 Å². The summed E-state index contributed by atoms with van der Waals surface area (Å²) in [7, 11) is -3.62. The molecule has 2 aromatic carbocycles. The van der Waals surface area contributed by atoms with E-state index in [9.17, 15) is 13.2 Å². The summed E-state index contributed by atoms with van der Waals surface area (Å²) in [6.45, 7) is 6.51. The predicted octanol–water partition coefficient (Wildman–Crippen LogP) is 4.13. The Morgan fingerprint density at radius 1 is 1.15 bits per heavy atom. The van der Waals surface area contributed by atoms with Crippen molar-refractivity contribution in [3.8, 4) is 0 Å². The molecule has 1 aliphatic rings. The second-order valence-electron chi connectivity index (χ2n) is 9.08. The average Bonchev–Trinajstić information content (AvgIpc) is 3.30. The highest BCUT2D eigenvalue weighted by Gasteiger charge is 2.33. The number of sulfonamides is 1. The Morgan fingerprint density at radius 3 is 2.50 bits per heavy atom. The SMILES string of the molecule is Cc1ccc(S(=O)(=O)N2CCC[C@H](C(=O)Nc3ccc(Cc4noc(C(C)C)n4)cc3)C2)cc1. The molecule has 1 aliphatic heterocycles. The van der Waals surface area contributed by atoms with Crippen molar-refractivity contribution >= 4 is 21.6 Å². The highest BCUT2D eigenvalue weighted by Crippen LogP contribution is 2.25. The summed E-state index contributed by atoms with van der Waals surface area (Å²) in [6.07, 6.45) is 1.84. The van der Waals surface area contributed by atoms with E-state index in [-0.39, 0.29) is 23.3 Å². The van der Waals surface area contributed by atoms with Crippen molar-refractivity contribution in [1.82, 2.24) is 14.4 Å². The van der Waals surface area contributed by atoms with Gasteiger partial charge >= 0.3 is 0 Å². The summed E-state index contributed by atoms with van der Waals surface area (Å²) in [5.41, 5.74) is 2.67. The molecule has 2 heterocycles. The summed E-state index contributed by atoms with van der Waals surface area (Å²) < 4.78 is 32.7. The zero-order chi connectivity index (χ0) is 24.3. The molecule has 0 unspecified atom stereocenters. The number of anilines is 1. The van der Waals surface area contributed by atoms with E-state index in [1.165, 1.54) is 4.31 Å². The second kappa shape index (κ2) is 10.1. The molecule has 3 aromatic rings. The molecule has 8 nitrogen and oxygen atoms in total. The quantitative estimate of drug-likeness (QED) is 0.543. The minimum atomic E-state index is -3.62. The molecule has 0 bridgehead atoms. The number of hydrogen-bond acceptors (Lipinski definition) is 6. The monoisotopic (exact) mass is 482 g/mol. The number of aromatic nitrogens is 2. The molecule has 1 N–H and O–H groups in total. The first kappa shape index (κ1) is 24.1. The van der Waals surface area contributed by atoms with Crippen LogP contribution in [0.1, 0.15) is 55.4 Å². The molecule has 1 saturated heterocycles. The smallest absolute Gasteiger partial charge is 0.243 e. The van der Waals surface area contributed by atoms with Gasteiger partial charge in [-0.25, -0.2) is 8.42 Å². The van der Waals surface area contributed by atoms with Crippen LogP contribution < -0.4 is 5.32 Å². The van der Waals surface area contributed by atoms with E-state index in [0.29, 0.717) is 43.2 Å². The van der Waals surface area contributed by atoms with Crippen molar-refractivity contribution in [2.75, 3.05) is 18.4 Å². The third-order valence-corrected chi connectivity index (χ3v) is 7.85. The topological polar surface area (TPSA) is 105 Å². The third kappa shape index (κ3) is 5.53. The van der Waals surface area contributed by atoms with Crippen LogP contribution in [0.3, 0.4) is 0 Å². The van der Waals surface area contributed by atoms with Gasteiger partial charge in [-0.3, -0.25) is 4.79 Å². The summed E-state index contributed by atoms with van der Waals surface area (Å²) in [5, 5.41) is 6.94. The Balaban J connectivity index is 1.36. The van der Waals surface area contributed by atoms with Crippen LogP contribution in [0.25, 0.3) is 0 Å². The molecule has 0 spiro atoms. The van der Waals surface area contributed by atoms with E-state index in [1.807, 2.05) is 45.0 Å². The predicted molar refractivity (Wildman–Crippen MR) is 129 cm³/mol. The number of hydrogen-bond donors (Lipinski definition) is 1. The van der Waals surface area contributed by atoms with Gasteiger partial charge in [0.15, 0.2) is 5.82 Å². The van der Waals surface area contributed by atoms with Crippen molar-refractivity contribution in [3.63, 3.8) is 0 Å². The van der Waals surface area contributed by atoms with E-state index in [0.717, 1.165) is 11.1 Å². The Bertz CT molecular complexity index is 1230. The van der Waals surface area contributed by atoms with Gasteiger partial charge in [0.1, 0.15) is 0 Å². The fraction of sp³-hybridized carbons (Fsp3) is 0.400. The van der Waals surface area contributed by atoms with Crippen LogP contribution in [0.5, 0.6) is 0 Å². The molecule has 1 amide bonds. The largest absolute Gasteiger partial charge is 0.339 e. The Kier molecular flexibility index (Phi) is 7.13. The number of nitrogens with one attached hydrogen (secondary N) is 1. The molecule has 0 aliphatic carbocycles. The lowest BCUT2D eigenvalue weighted by molar-refractivity contribution is -0.120. The summed E-state index contributed by atoms with van der Waals surface area (Å²) in [6, 6.07) is 14.3. The third-order valence-electron chi connectivity index (χ3n) is 5.98. The van der Waals surface area contributed by atoms with Crippen LogP contribution in [0, 0.1) is 12.8 Å². The maximum atomic E-state index is 13.0. The van der Waals surface area contributed by atoms with Crippen molar-refractivity contribution < 1.29 is 17.7 Å². The zero-order valence-corrected chi connectivity index (χ0v) is 20.5. The molecule has 180 valence electrons. The lowest BCUT2D eigenvalue weighted by Crippen LogP contribution is -2.43. The number of nitrogens with zero attached hydrogens (tertiary/aromatic N) is 3. The second-order valence-corrected chi connectivity index (χ2v) is 11.0. The summed E-state index contributed by atoms with van der Waals surface area (Å²) >= 11 is 0. The van der Waals surface area contributed by atoms with E-state index >= 15 is 0 Å². The van der Waals surface area contributed by atoms with Gasteiger partial charge in [-0.1, -0.05) is 48.8 Å². The Morgan fingerprint density at radius 2 is 1.85 bits per heavy atom. The number of carbonyl (C=O) groups is 1. The van der Waals surface area contributed by atoms with E-state index in [2.05, 4.69) is 15.5 Å². The highest BCUT2D eigenvalue weighted by atomic mass is 32.2. The first-order valence-corrected chi connectivity index (χ1v) is 13.0.